The van der Waals surface area contributed by atoms with Crippen LogP contribution < -0.4 is 5.32 Å². The summed E-state index contributed by atoms with van der Waals surface area (Å²) >= 11 is 11.8. The number of piperidine rings is 1. The van der Waals surface area contributed by atoms with Crippen molar-refractivity contribution < 1.29 is 19.1 Å². The molecule has 6 nitrogen and oxygen atoms in total. The summed E-state index contributed by atoms with van der Waals surface area (Å²) in [6, 6.07) is 4.74. The van der Waals surface area contributed by atoms with Crippen LogP contribution in [0.2, 0.25) is 10.0 Å². The van der Waals surface area contributed by atoms with Gasteiger partial charge < -0.3 is 15.0 Å². The SMILES string of the molecule is CCOC(=O)CCC(=O)N1CCC(NC(=O)c2ccc(Cl)c(Cl)c2)CC1. The highest BCUT2D eigenvalue weighted by molar-refractivity contribution is 6.42. The molecular weight excluding hydrogens is 379 g/mol. The van der Waals surface area contributed by atoms with E-state index in [0.717, 1.165) is 0 Å². The van der Waals surface area contributed by atoms with Crippen molar-refractivity contribution in [2.24, 2.45) is 0 Å². The highest BCUT2D eigenvalue weighted by atomic mass is 35.5. The van der Waals surface area contributed by atoms with E-state index in [-0.39, 0.29) is 36.7 Å². The minimum atomic E-state index is -0.357. The molecule has 0 atom stereocenters. The number of benzene rings is 1. The zero-order chi connectivity index (χ0) is 19.1. The second kappa shape index (κ2) is 9.78. The van der Waals surface area contributed by atoms with E-state index in [4.69, 9.17) is 27.9 Å². The third kappa shape index (κ3) is 5.88. The summed E-state index contributed by atoms with van der Waals surface area (Å²) in [5.74, 6) is -0.632. The van der Waals surface area contributed by atoms with E-state index in [1.54, 1.807) is 24.0 Å². The molecule has 0 radical (unpaired) electrons. The molecule has 1 saturated heterocycles. The maximum absolute atomic E-state index is 12.3. The number of carbonyl (C=O) groups is 3. The first-order chi connectivity index (χ1) is 12.4. The predicted octanol–water partition coefficient (Wildman–Crippen LogP) is 3.06. The lowest BCUT2D eigenvalue weighted by molar-refractivity contribution is -0.145. The van der Waals surface area contributed by atoms with Gasteiger partial charge in [0.05, 0.1) is 23.1 Å². The van der Waals surface area contributed by atoms with Gasteiger partial charge in [0, 0.05) is 31.1 Å². The van der Waals surface area contributed by atoms with Crippen molar-refractivity contribution in [1.29, 1.82) is 0 Å². The van der Waals surface area contributed by atoms with E-state index in [0.29, 0.717) is 48.1 Å². The molecule has 0 aliphatic carbocycles. The van der Waals surface area contributed by atoms with Crippen LogP contribution in [0.1, 0.15) is 43.0 Å². The van der Waals surface area contributed by atoms with E-state index >= 15 is 0 Å². The van der Waals surface area contributed by atoms with Crippen LogP contribution in [0.4, 0.5) is 0 Å². The van der Waals surface area contributed by atoms with E-state index in [1.807, 2.05) is 0 Å². The zero-order valence-electron chi connectivity index (χ0n) is 14.6. The fourth-order valence-corrected chi connectivity index (χ4v) is 3.08. The molecule has 1 aromatic rings. The first-order valence-corrected chi connectivity index (χ1v) is 9.35. The highest BCUT2D eigenvalue weighted by Gasteiger charge is 2.24. The molecule has 0 aromatic heterocycles. The van der Waals surface area contributed by atoms with E-state index in [9.17, 15) is 14.4 Å². The number of nitrogens with one attached hydrogen (secondary N) is 1. The van der Waals surface area contributed by atoms with E-state index in [2.05, 4.69) is 5.32 Å². The molecule has 1 aromatic carbocycles. The maximum Gasteiger partial charge on any atom is 0.306 e. The molecule has 2 amide bonds. The predicted molar refractivity (Wildman–Crippen MR) is 99.4 cm³/mol. The summed E-state index contributed by atoms with van der Waals surface area (Å²) in [7, 11) is 0. The number of nitrogens with zero attached hydrogens (tertiary/aromatic N) is 1. The van der Waals surface area contributed by atoms with Crippen molar-refractivity contribution in [3.63, 3.8) is 0 Å². The van der Waals surface area contributed by atoms with Crippen molar-refractivity contribution in [3.8, 4) is 0 Å². The molecular formula is C18H22Cl2N2O4. The van der Waals surface area contributed by atoms with E-state index in [1.165, 1.54) is 6.07 Å². The number of esters is 1. The average molecular weight is 401 g/mol. The smallest absolute Gasteiger partial charge is 0.306 e. The number of amides is 2. The van der Waals surface area contributed by atoms with Gasteiger partial charge in [-0.2, -0.15) is 0 Å². The summed E-state index contributed by atoms with van der Waals surface area (Å²) in [5, 5.41) is 3.69. The van der Waals surface area contributed by atoms with Crippen LogP contribution in [0.15, 0.2) is 18.2 Å². The lowest BCUT2D eigenvalue weighted by Crippen LogP contribution is -2.46. The molecule has 142 valence electrons. The van der Waals surface area contributed by atoms with Gasteiger partial charge in [0.15, 0.2) is 0 Å². The normalized spacial score (nSPS) is 14.8. The number of hydrogen-bond donors (Lipinski definition) is 1. The minimum absolute atomic E-state index is 0.00828. The van der Waals surface area contributed by atoms with Crippen molar-refractivity contribution in [2.45, 2.75) is 38.6 Å². The van der Waals surface area contributed by atoms with Crippen molar-refractivity contribution in [1.82, 2.24) is 10.2 Å². The van der Waals surface area contributed by atoms with Gasteiger partial charge in [0.1, 0.15) is 0 Å². The highest BCUT2D eigenvalue weighted by Crippen LogP contribution is 2.23. The van der Waals surface area contributed by atoms with Crippen LogP contribution in [0, 0.1) is 0 Å². The van der Waals surface area contributed by atoms with Gasteiger partial charge in [-0.25, -0.2) is 0 Å². The Morgan fingerprint density at radius 1 is 1.15 bits per heavy atom. The molecule has 0 saturated carbocycles. The van der Waals surface area contributed by atoms with Crippen LogP contribution in [0.25, 0.3) is 0 Å². The number of hydrogen-bond acceptors (Lipinski definition) is 4. The first-order valence-electron chi connectivity index (χ1n) is 8.60. The summed E-state index contributed by atoms with van der Waals surface area (Å²) < 4.78 is 4.82. The number of rotatable bonds is 6. The second-order valence-corrected chi connectivity index (χ2v) is 6.88. The minimum Gasteiger partial charge on any atom is -0.466 e. The molecule has 1 N–H and O–H groups in total. The zero-order valence-corrected chi connectivity index (χ0v) is 16.1. The topological polar surface area (TPSA) is 75.7 Å². The summed E-state index contributed by atoms with van der Waals surface area (Å²) in [5.41, 5.74) is 0.451. The Morgan fingerprint density at radius 3 is 2.46 bits per heavy atom. The third-order valence-corrected chi connectivity index (χ3v) is 4.95. The van der Waals surface area contributed by atoms with Crippen LogP contribution in [0.5, 0.6) is 0 Å². The molecule has 1 aliphatic rings. The Morgan fingerprint density at radius 2 is 1.85 bits per heavy atom. The van der Waals surface area contributed by atoms with Gasteiger partial charge in [0.2, 0.25) is 5.91 Å². The average Bonchev–Trinajstić information content (AvgIpc) is 2.62. The number of likely N-dealkylation sites (tertiary alicyclic amines) is 1. The van der Waals surface area contributed by atoms with Gasteiger partial charge in [-0.3, -0.25) is 14.4 Å². The van der Waals surface area contributed by atoms with Crippen LogP contribution in [0.3, 0.4) is 0 Å². The maximum atomic E-state index is 12.3. The molecule has 1 heterocycles. The summed E-state index contributed by atoms with van der Waals surface area (Å²) in [6.45, 7) is 3.15. The fourth-order valence-electron chi connectivity index (χ4n) is 2.78. The Labute approximate surface area is 162 Å². The number of ether oxygens (including phenoxy) is 1. The van der Waals surface area contributed by atoms with Gasteiger partial charge in [-0.15, -0.1) is 0 Å². The Kier molecular flexibility index (Phi) is 7.72. The quantitative estimate of drug-likeness (QED) is 0.744. The van der Waals surface area contributed by atoms with Gasteiger partial charge in [-0.1, -0.05) is 23.2 Å². The monoisotopic (exact) mass is 400 g/mol. The van der Waals surface area contributed by atoms with Crippen molar-refractivity contribution in [2.75, 3.05) is 19.7 Å². The molecule has 0 spiro atoms. The second-order valence-electron chi connectivity index (χ2n) is 6.06. The number of carbonyl (C=O) groups excluding carboxylic acids is 3. The van der Waals surface area contributed by atoms with E-state index < -0.39 is 0 Å². The van der Waals surface area contributed by atoms with Crippen molar-refractivity contribution in [3.05, 3.63) is 33.8 Å². The Bertz CT molecular complexity index is 673. The molecule has 26 heavy (non-hydrogen) atoms. The molecule has 0 bridgehead atoms. The molecule has 1 aliphatic heterocycles. The third-order valence-electron chi connectivity index (χ3n) is 4.21. The number of halogens is 2. The first kappa shape index (κ1) is 20.5. The van der Waals surface area contributed by atoms with Crippen LogP contribution in [-0.4, -0.2) is 48.4 Å². The molecule has 8 heteroatoms. The molecule has 1 fully saturated rings. The molecule has 0 unspecified atom stereocenters. The fraction of sp³-hybridized carbons (Fsp3) is 0.500. The largest absolute Gasteiger partial charge is 0.466 e. The standard InChI is InChI=1S/C18H22Cl2N2O4/c1-2-26-17(24)6-5-16(23)22-9-7-13(8-10-22)21-18(25)12-3-4-14(19)15(20)11-12/h3-4,11,13H,2,5-10H2,1H3,(H,21,25). The molecule has 2 rings (SSSR count). The van der Waals surface area contributed by atoms with Crippen LogP contribution >= 0.6 is 23.2 Å². The van der Waals surface area contributed by atoms with Crippen molar-refractivity contribution >= 4 is 41.0 Å². The lowest BCUT2D eigenvalue weighted by Gasteiger charge is -2.32. The van der Waals surface area contributed by atoms with Crippen LogP contribution in [-0.2, 0) is 14.3 Å². The lowest BCUT2D eigenvalue weighted by atomic mass is 10.0. The van der Waals surface area contributed by atoms with Gasteiger partial charge in [0.25, 0.3) is 5.91 Å². The summed E-state index contributed by atoms with van der Waals surface area (Å²) in [4.78, 5) is 37.5. The Balaban J connectivity index is 1.77. The van der Waals surface area contributed by atoms with Gasteiger partial charge in [-0.05, 0) is 38.0 Å². The summed E-state index contributed by atoms with van der Waals surface area (Å²) in [6.07, 6.45) is 1.58. The Hall–Kier alpha value is -1.79. The van der Waals surface area contributed by atoms with Gasteiger partial charge >= 0.3 is 5.97 Å².